The SMILES string of the molecule is COC[C@@H]1C[C@@H](Oc2cccc3ccc(-c4nnc5ccccn45)nc23)CCN1. The number of hydrogen-bond acceptors (Lipinski definition) is 6. The molecule has 1 aliphatic rings. The number of rotatable bonds is 5. The van der Waals surface area contributed by atoms with Crippen molar-refractivity contribution in [1.29, 1.82) is 0 Å². The highest BCUT2D eigenvalue weighted by Crippen LogP contribution is 2.29. The van der Waals surface area contributed by atoms with E-state index in [0.717, 1.165) is 53.2 Å². The minimum Gasteiger partial charge on any atom is -0.488 e. The number of methoxy groups -OCH3 is 1. The van der Waals surface area contributed by atoms with Crippen LogP contribution in [0.5, 0.6) is 5.75 Å². The van der Waals surface area contributed by atoms with Crippen LogP contribution in [0.1, 0.15) is 12.8 Å². The molecule has 4 heterocycles. The zero-order chi connectivity index (χ0) is 19.6. The van der Waals surface area contributed by atoms with Crippen molar-refractivity contribution in [3.05, 3.63) is 54.7 Å². The van der Waals surface area contributed by atoms with E-state index in [4.69, 9.17) is 14.5 Å². The number of piperidine rings is 1. The van der Waals surface area contributed by atoms with E-state index in [0.29, 0.717) is 12.6 Å². The van der Waals surface area contributed by atoms with Gasteiger partial charge in [-0.25, -0.2) is 4.98 Å². The summed E-state index contributed by atoms with van der Waals surface area (Å²) < 4.78 is 13.6. The zero-order valence-electron chi connectivity index (χ0n) is 16.3. The minimum absolute atomic E-state index is 0.140. The summed E-state index contributed by atoms with van der Waals surface area (Å²) in [5, 5.41) is 13.1. The molecule has 0 spiro atoms. The Morgan fingerprint density at radius 3 is 3.00 bits per heavy atom. The summed E-state index contributed by atoms with van der Waals surface area (Å²) in [5.41, 5.74) is 2.42. The van der Waals surface area contributed by atoms with Crippen molar-refractivity contribution < 1.29 is 9.47 Å². The summed E-state index contributed by atoms with van der Waals surface area (Å²) >= 11 is 0. The Kier molecular flexibility index (Phi) is 4.83. The number of benzene rings is 1. The van der Waals surface area contributed by atoms with Crippen molar-refractivity contribution in [2.24, 2.45) is 0 Å². The highest BCUT2D eigenvalue weighted by atomic mass is 16.5. The fourth-order valence-electron chi connectivity index (χ4n) is 3.94. The number of aromatic nitrogens is 4. The molecule has 29 heavy (non-hydrogen) atoms. The van der Waals surface area contributed by atoms with Crippen LogP contribution in [0.4, 0.5) is 0 Å². The van der Waals surface area contributed by atoms with Gasteiger partial charge in [0.1, 0.15) is 23.1 Å². The van der Waals surface area contributed by atoms with Gasteiger partial charge in [0.05, 0.1) is 6.61 Å². The van der Waals surface area contributed by atoms with Gasteiger partial charge in [0.25, 0.3) is 0 Å². The van der Waals surface area contributed by atoms with Gasteiger partial charge in [0.2, 0.25) is 0 Å². The van der Waals surface area contributed by atoms with Crippen LogP contribution in [0.25, 0.3) is 28.1 Å². The molecule has 7 nitrogen and oxygen atoms in total. The number of fused-ring (bicyclic) bond motifs is 2. The molecule has 0 amide bonds. The minimum atomic E-state index is 0.140. The van der Waals surface area contributed by atoms with Gasteiger partial charge in [0, 0.05) is 31.2 Å². The summed E-state index contributed by atoms with van der Waals surface area (Å²) in [4.78, 5) is 4.90. The molecule has 0 saturated carbocycles. The maximum atomic E-state index is 6.40. The summed E-state index contributed by atoms with van der Waals surface area (Å²) in [6.45, 7) is 1.62. The van der Waals surface area contributed by atoms with Crippen LogP contribution in [-0.4, -0.2) is 52.0 Å². The van der Waals surface area contributed by atoms with Gasteiger partial charge < -0.3 is 14.8 Å². The lowest BCUT2D eigenvalue weighted by Crippen LogP contribution is -2.44. The molecule has 0 radical (unpaired) electrons. The van der Waals surface area contributed by atoms with Crippen LogP contribution in [0, 0.1) is 0 Å². The molecule has 5 rings (SSSR count). The fraction of sp³-hybridized carbons (Fsp3) is 0.318. The van der Waals surface area contributed by atoms with E-state index >= 15 is 0 Å². The molecule has 1 aromatic carbocycles. The number of para-hydroxylation sites is 1. The molecule has 0 aliphatic carbocycles. The first-order chi connectivity index (χ1) is 14.3. The predicted molar refractivity (Wildman–Crippen MR) is 111 cm³/mol. The van der Waals surface area contributed by atoms with Gasteiger partial charge >= 0.3 is 0 Å². The Bertz CT molecular complexity index is 1140. The van der Waals surface area contributed by atoms with Gasteiger partial charge in [-0.15, -0.1) is 10.2 Å². The van der Waals surface area contributed by atoms with E-state index in [1.807, 2.05) is 47.0 Å². The third-order valence-electron chi connectivity index (χ3n) is 5.33. The Morgan fingerprint density at radius 2 is 2.07 bits per heavy atom. The number of nitrogens with one attached hydrogen (secondary N) is 1. The number of hydrogen-bond donors (Lipinski definition) is 1. The van der Waals surface area contributed by atoms with Crippen LogP contribution in [-0.2, 0) is 4.74 Å². The summed E-state index contributed by atoms with van der Waals surface area (Å²) in [5.74, 6) is 1.53. The Labute approximate surface area is 168 Å². The van der Waals surface area contributed by atoms with E-state index < -0.39 is 0 Å². The normalized spacial score (nSPS) is 19.6. The molecule has 1 saturated heterocycles. The molecule has 0 bridgehead atoms. The van der Waals surface area contributed by atoms with Crippen molar-refractivity contribution in [2.45, 2.75) is 25.0 Å². The van der Waals surface area contributed by atoms with E-state index in [-0.39, 0.29) is 6.10 Å². The zero-order valence-corrected chi connectivity index (χ0v) is 16.3. The molecule has 3 aromatic heterocycles. The Balaban J connectivity index is 1.49. The number of ether oxygens (including phenoxy) is 2. The molecule has 4 aromatic rings. The maximum Gasteiger partial charge on any atom is 0.187 e. The van der Waals surface area contributed by atoms with Crippen molar-refractivity contribution in [1.82, 2.24) is 24.9 Å². The number of nitrogens with zero attached hydrogens (tertiary/aromatic N) is 4. The second kappa shape index (κ2) is 7.77. The molecule has 7 heteroatoms. The Morgan fingerprint density at radius 1 is 1.10 bits per heavy atom. The summed E-state index contributed by atoms with van der Waals surface area (Å²) in [6.07, 6.45) is 3.97. The third kappa shape index (κ3) is 3.54. The summed E-state index contributed by atoms with van der Waals surface area (Å²) in [6, 6.07) is 16.3. The monoisotopic (exact) mass is 389 g/mol. The Hall–Kier alpha value is -3.03. The molecule has 148 valence electrons. The second-order valence-electron chi connectivity index (χ2n) is 7.35. The largest absolute Gasteiger partial charge is 0.488 e. The molecule has 1 N–H and O–H groups in total. The lowest BCUT2D eigenvalue weighted by Gasteiger charge is -2.30. The fourth-order valence-corrected chi connectivity index (χ4v) is 3.94. The summed E-state index contributed by atoms with van der Waals surface area (Å²) in [7, 11) is 1.73. The van der Waals surface area contributed by atoms with Gasteiger partial charge in [-0.1, -0.05) is 24.3 Å². The lowest BCUT2D eigenvalue weighted by molar-refractivity contribution is 0.0961. The van der Waals surface area contributed by atoms with E-state index in [1.165, 1.54) is 0 Å². The molecule has 1 fully saturated rings. The van der Waals surface area contributed by atoms with Crippen LogP contribution >= 0.6 is 0 Å². The van der Waals surface area contributed by atoms with E-state index in [1.54, 1.807) is 7.11 Å². The van der Waals surface area contributed by atoms with Gasteiger partial charge in [0.15, 0.2) is 11.5 Å². The quantitative estimate of drug-likeness (QED) is 0.565. The van der Waals surface area contributed by atoms with Crippen molar-refractivity contribution >= 4 is 16.6 Å². The van der Waals surface area contributed by atoms with Crippen molar-refractivity contribution in [3.63, 3.8) is 0 Å². The predicted octanol–water partition coefficient (Wildman–Crippen LogP) is 3.09. The van der Waals surface area contributed by atoms with Crippen LogP contribution in [0.3, 0.4) is 0 Å². The van der Waals surface area contributed by atoms with Crippen LogP contribution < -0.4 is 10.1 Å². The average molecular weight is 389 g/mol. The standard InChI is InChI=1S/C22H23N5O2/c1-28-14-16-13-17(10-11-23-16)29-19-6-4-5-15-8-9-18(24-21(15)19)22-26-25-20-7-2-3-12-27(20)22/h2-9,12,16-17,23H,10-11,13-14H2,1H3/t16-,17-/m0/s1. The number of pyridine rings is 2. The van der Waals surface area contributed by atoms with E-state index in [9.17, 15) is 0 Å². The maximum absolute atomic E-state index is 6.40. The highest BCUT2D eigenvalue weighted by Gasteiger charge is 2.23. The molecular weight excluding hydrogens is 366 g/mol. The van der Waals surface area contributed by atoms with Gasteiger partial charge in [-0.2, -0.15) is 0 Å². The smallest absolute Gasteiger partial charge is 0.187 e. The van der Waals surface area contributed by atoms with Crippen LogP contribution in [0.15, 0.2) is 54.7 Å². The lowest BCUT2D eigenvalue weighted by atomic mass is 10.0. The first-order valence-electron chi connectivity index (χ1n) is 9.91. The first kappa shape index (κ1) is 18.0. The van der Waals surface area contributed by atoms with E-state index in [2.05, 4.69) is 27.6 Å². The second-order valence-corrected chi connectivity index (χ2v) is 7.35. The topological polar surface area (TPSA) is 73.6 Å². The van der Waals surface area contributed by atoms with Crippen molar-refractivity contribution in [3.8, 4) is 17.3 Å². The molecule has 1 aliphatic heterocycles. The van der Waals surface area contributed by atoms with Crippen molar-refractivity contribution in [2.75, 3.05) is 20.3 Å². The highest BCUT2D eigenvalue weighted by molar-refractivity contribution is 5.86. The van der Waals surface area contributed by atoms with Gasteiger partial charge in [-0.3, -0.25) is 4.40 Å². The molecule has 2 atom stereocenters. The molecular formula is C22H23N5O2. The van der Waals surface area contributed by atoms with Crippen LogP contribution in [0.2, 0.25) is 0 Å². The van der Waals surface area contributed by atoms with Gasteiger partial charge in [-0.05, 0) is 37.2 Å². The average Bonchev–Trinajstić information content (AvgIpc) is 3.18. The molecule has 0 unspecified atom stereocenters. The third-order valence-corrected chi connectivity index (χ3v) is 5.33. The first-order valence-corrected chi connectivity index (χ1v) is 9.91.